The zero-order valence-corrected chi connectivity index (χ0v) is 16.0. The summed E-state index contributed by atoms with van der Waals surface area (Å²) in [5, 5.41) is 8.73. The van der Waals surface area contributed by atoms with Gasteiger partial charge in [-0.05, 0) is 57.1 Å². The maximum Gasteiger partial charge on any atom is 0.0917 e. The van der Waals surface area contributed by atoms with Gasteiger partial charge in [-0.2, -0.15) is 0 Å². The maximum absolute atomic E-state index is 6.34. The number of benzene rings is 1. The molecule has 0 amide bonds. The van der Waals surface area contributed by atoms with Crippen LogP contribution in [0.2, 0.25) is 5.02 Å². The third-order valence-corrected chi connectivity index (χ3v) is 4.57. The van der Waals surface area contributed by atoms with E-state index in [1.165, 1.54) is 19.4 Å². The fourth-order valence-corrected chi connectivity index (χ4v) is 3.28. The van der Waals surface area contributed by atoms with E-state index in [9.17, 15) is 0 Å². The van der Waals surface area contributed by atoms with Gasteiger partial charge in [0.1, 0.15) is 0 Å². The van der Waals surface area contributed by atoms with Crippen LogP contribution in [0.4, 0.5) is 0 Å². The zero-order chi connectivity index (χ0) is 18.2. The monoisotopic (exact) mass is 360 g/mol. The summed E-state index contributed by atoms with van der Waals surface area (Å²) in [6.07, 6.45) is 6.11. The van der Waals surface area contributed by atoms with Crippen molar-refractivity contribution < 1.29 is 0 Å². The molecule has 4 nitrogen and oxygen atoms in total. The quantitative estimate of drug-likeness (QED) is 0.698. The van der Waals surface area contributed by atoms with Crippen LogP contribution in [0.3, 0.4) is 0 Å². The van der Waals surface area contributed by atoms with Crippen LogP contribution in [0.15, 0.2) is 49.5 Å². The molecule has 2 heterocycles. The van der Waals surface area contributed by atoms with E-state index in [1.807, 2.05) is 25.3 Å². The van der Waals surface area contributed by atoms with Crippen LogP contribution in [0.1, 0.15) is 25.3 Å². The summed E-state index contributed by atoms with van der Waals surface area (Å²) in [7, 11) is 2.16. The molecule has 2 aromatic rings. The second kappa shape index (κ2) is 9.54. The van der Waals surface area contributed by atoms with Crippen molar-refractivity contribution in [1.29, 1.82) is 0 Å². The number of likely N-dealkylation sites (N-methyl/N-ethyl adjacent to an activating group) is 1. The lowest BCUT2D eigenvalue weighted by Gasteiger charge is -2.31. The third kappa shape index (κ3) is 5.83. The Morgan fingerprint density at radius 3 is 2.96 bits per heavy atom. The van der Waals surface area contributed by atoms with Crippen molar-refractivity contribution in [3.8, 4) is 0 Å². The van der Waals surface area contributed by atoms with Gasteiger partial charge in [0.15, 0.2) is 0 Å². The fraction of sp³-hybridized carbons (Fsp3) is 0.400. The highest BCUT2D eigenvalue weighted by Crippen LogP contribution is 2.23. The average Bonchev–Trinajstić information content (AvgIpc) is 3.00. The maximum atomic E-state index is 6.34. The number of hydrogen-bond donors (Lipinski definition) is 3. The Kier molecular flexibility index (Phi) is 7.41. The van der Waals surface area contributed by atoms with Crippen molar-refractivity contribution in [3.63, 3.8) is 0 Å². The number of likely N-dealkylation sites (tertiary alicyclic amines) is 1. The second-order valence-corrected chi connectivity index (χ2v) is 6.90. The van der Waals surface area contributed by atoms with Crippen molar-refractivity contribution in [2.45, 2.75) is 32.4 Å². The van der Waals surface area contributed by atoms with Crippen molar-refractivity contribution in [1.82, 2.24) is 20.5 Å². The molecule has 0 bridgehead atoms. The Labute approximate surface area is 155 Å². The number of aromatic amines is 1. The molecule has 3 N–H and O–H groups in total. The standard InChI is InChI=1S/C17H23ClN4.C3H6/c1-12(21-15-4-3-7-22(2)11-15)20-10-14-9-17-13(5-6-19-17)8-16(14)18;1-3-2/h5-6,8-9,15,19-21H,1,3-4,7,10-11H2,2H3;3H,1H2,2H3. The van der Waals surface area contributed by atoms with Gasteiger partial charge in [0.25, 0.3) is 0 Å². The molecule has 0 aliphatic carbocycles. The Bertz CT molecular complexity index is 707. The van der Waals surface area contributed by atoms with Gasteiger partial charge in [-0.15, -0.1) is 6.58 Å². The number of nitrogens with zero attached hydrogens (tertiary/aromatic N) is 1. The minimum atomic E-state index is 0.472. The number of piperidine rings is 1. The minimum Gasteiger partial charge on any atom is -0.368 e. The van der Waals surface area contributed by atoms with E-state index in [1.54, 1.807) is 6.08 Å². The Morgan fingerprint density at radius 1 is 1.48 bits per heavy atom. The van der Waals surface area contributed by atoms with E-state index in [0.29, 0.717) is 12.6 Å². The third-order valence-electron chi connectivity index (χ3n) is 4.22. The summed E-state index contributed by atoms with van der Waals surface area (Å²) < 4.78 is 0. The number of fused-ring (bicyclic) bond motifs is 1. The first kappa shape index (κ1) is 19.4. The summed E-state index contributed by atoms with van der Waals surface area (Å²) in [5.74, 6) is 0.864. The lowest BCUT2D eigenvalue weighted by atomic mass is 10.1. The first-order valence-corrected chi connectivity index (χ1v) is 9.11. The molecule has 0 spiro atoms. The number of aromatic nitrogens is 1. The van der Waals surface area contributed by atoms with Gasteiger partial charge in [0.2, 0.25) is 0 Å². The molecule has 3 rings (SSSR count). The van der Waals surface area contributed by atoms with Crippen molar-refractivity contribution in [2.24, 2.45) is 0 Å². The predicted molar refractivity (Wildman–Crippen MR) is 109 cm³/mol. The lowest BCUT2D eigenvalue weighted by molar-refractivity contribution is 0.233. The van der Waals surface area contributed by atoms with Gasteiger partial charge in [-0.25, -0.2) is 0 Å². The van der Waals surface area contributed by atoms with Crippen LogP contribution < -0.4 is 10.6 Å². The molecular weight excluding hydrogens is 332 g/mol. The van der Waals surface area contributed by atoms with Crippen LogP contribution in [0, 0.1) is 0 Å². The molecule has 1 atom stereocenters. The largest absolute Gasteiger partial charge is 0.368 e. The molecular formula is C20H29ClN4. The summed E-state index contributed by atoms with van der Waals surface area (Å²) in [5.41, 5.74) is 2.18. The van der Waals surface area contributed by atoms with Crippen LogP contribution in [-0.4, -0.2) is 36.1 Å². The Balaban J connectivity index is 0.000000701. The van der Waals surface area contributed by atoms with Gasteiger partial charge < -0.3 is 20.5 Å². The first-order chi connectivity index (χ1) is 12.0. The van der Waals surface area contributed by atoms with Crippen LogP contribution in [0.5, 0.6) is 0 Å². The topological polar surface area (TPSA) is 43.1 Å². The molecule has 0 radical (unpaired) electrons. The highest BCUT2D eigenvalue weighted by Gasteiger charge is 2.17. The summed E-state index contributed by atoms with van der Waals surface area (Å²) in [4.78, 5) is 5.57. The molecule has 1 fully saturated rings. The normalized spacial score (nSPS) is 17.5. The van der Waals surface area contributed by atoms with Crippen molar-refractivity contribution in [2.75, 3.05) is 20.1 Å². The second-order valence-electron chi connectivity index (χ2n) is 6.49. The summed E-state index contributed by atoms with van der Waals surface area (Å²) in [6.45, 7) is 12.2. The number of allylic oxidation sites excluding steroid dienone is 1. The van der Waals surface area contributed by atoms with E-state index >= 15 is 0 Å². The minimum absolute atomic E-state index is 0.472. The Morgan fingerprint density at radius 2 is 2.24 bits per heavy atom. The molecule has 1 aromatic heterocycles. The molecule has 5 heteroatoms. The van der Waals surface area contributed by atoms with Gasteiger partial charge in [-0.3, -0.25) is 0 Å². The average molecular weight is 361 g/mol. The zero-order valence-electron chi connectivity index (χ0n) is 15.2. The van der Waals surface area contributed by atoms with Gasteiger partial charge >= 0.3 is 0 Å². The number of nitrogens with one attached hydrogen (secondary N) is 3. The lowest BCUT2D eigenvalue weighted by Crippen LogP contribution is -2.45. The van der Waals surface area contributed by atoms with E-state index in [0.717, 1.165) is 33.9 Å². The summed E-state index contributed by atoms with van der Waals surface area (Å²) >= 11 is 6.34. The molecule has 0 saturated carbocycles. The molecule has 1 aromatic carbocycles. The fourth-order valence-electron chi connectivity index (χ4n) is 3.04. The van der Waals surface area contributed by atoms with E-state index in [4.69, 9.17) is 11.6 Å². The molecule has 1 unspecified atom stereocenters. The molecule has 25 heavy (non-hydrogen) atoms. The number of hydrogen-bond acceptors (Lipinski definition) is 3. The van der Waals surface area contributed by atoms with Gasteiger partial charge in [-0.1, -0.05) is 24.3 Å². The SMILES string of the molecule is C=C(NCc1cc2[nH]ccc2cc1Cl)NC1CCCN(C)C1.C=CC. The smallest absolute Gasteiger partial charge is 0.0917 e. The highest BCUT2D eigenvalue weighted by molar-refractivity contribution is 6.32. The number of H-pyrrole nitrogens is 1. The van der Waals surface area contributed by atoms with Crippen molar-refractivity contribution in [3.05, 3.63) is 60.0 Å². The number of rotatable bonds is 5. The molecule has 1 aliphatic heterocycles. The van der Waals surface area contributed by atoms with E-state index < -0.39 is 0 Å². The van der Waals surface area contributed by atoms with Crippen molar-refractivity contribution >= 4 is 22.5 Å². The molecule has 136 valence electrons. The van der Waals surface area contributed by atoms with Crippen LogP contribution in [-0.2, 0) is 6.54 Å². The van der Waals surface area contributed by atoms with Crippen LogP contribution >= 0.6 is 11.6 Å². The molecule has 1 saturated heterocycles. The van der Waals surface area contributed by atoms with E-state index in [-0.39, 0.29) is 0 Å². The predicted octanol–water partition coefficient (Wildman–Crippen LogP) is 4.26. The van der Waals surface area contributed by atoms with Gasteiger partial charge in [0, 0.05) is 41.3 Å². The van der Waals surface area contributed by atoms with E-state index in [2.05, 4.69) is 46.8 Å². The first-order valence-electron chi connectivity index (χ1n) is 8.74. The van der Waals surface area contributed by atoms with Crippen LogP contribution in [0.25, 0.3) is 10.9 Å². The molecule has 1 aliphatic rings. The number of halogens is 1. The summed E-state index contributed by atoms with van der Waals surface area (Å²) in [6, 6.07) is 6.58. The van der Waals surface area contributed by atoms with Gasteiger partial charge in [0.05, 0.1) is 5.82 Å². The highest BCUT2D eigenvalue weighted by atomic mass is 35.5. The Hall–Kier alpha value is -1.91.